The molecule has 5 aliphatic heterocycles. The van der Waals surface area contributed by atoms with Crippen molar-refractivity contribution in [3.63, 3.8) is 0 Å². The van der Waals surface area contributed by atoms with E-state index in [4.69, 9.17) is 81.3 Å². The maximum absolute atomic E-state index is 12.8. The number of rotatable bonds is 11. The zero-order valence-corrected chi connectivity index (χ0v) is 87.3. The Kier molecular flexibility index (Phi) is 42.6. The summed E-state index contributed by atoms with van der Waals surface area (Å²) in [6.07, 6.45) is 14.9. The second-order valence-electron chi connectivity index (χ2n) is 29.8. The number of benzene rings is 2. The van der Waals surface area contributed by atoms with Crippen LogP contribution in [0.2, 0.25) is 15.5 Å². The van der Waals surface area contributed by atoms with Crippen molar-refractivity contribution in [1.82, 2.24) is 104 Å². The smallest absolute Gasteiger partial charge is 1.00 e. The van der Waals surface area contributed by atoms with Gasteiger partial charge in [-0.2, -0.15) is 45.8 Å². The van der Waals surface area contributed by atoms with E-state index >= 15 is 0 Å². The number of pyridine rings is 6. The van der Waals surface area contributed by atoms with E-state index in [1.54, 1.807) is 49.5 Å². The minimum absolute atomic E-state index is 0. The Morgan fingerprint density at radius 3 is 1.28 bits per heavy atom. The predicted octanol–water partition coefficient (Wildman–Crippen LogP) is 10.7. The van der Waals surface area contributed by atoms with Crippen LogP contribution in [0.5, 0.6) is 0 Å². The zero-order chi connectivity index (χ0) is 96.5. The van der Waals surface area contributed by atoms with E-state index in [0.29, 0.717) is 93.2 Å². The van der Waals surface area contributed by atoms with Crippen molar-refractivity contribution >= 4 is 233 Å². The van der Waals surface area contributed by atoms with Gasteiger partial charge in [0.2, 0.25) is 17.8 Å². The summed E-state index contributed by atoms with van der Waals surface area (Å²) in [5.41, 5.74) is 28.3. The molecule has 38 nitrogen and oxygen atoms in total. The fraction of sp³-hybridized carbons (Fsp3) is 0.270. The van der Waals surface area contributed by atoms with Crippen molar-refractivity contribution in [2.45, 2.75) is 47.5 Å². The van der Waals surface area contributed by atoms with Gasteiger partial charge in [0.1, 0.15) is 55.2 Å². The first-order chi connectivity index (χ1) is 64.9. The van der Waals surface area contributed by atoms with Crippen molar-refractivity contribution in [1.29, 1.82) is 0 Å². The van der Waals surface area contributed by atoms with E-state index in [-0.39, 0.29) is 71.8 Å². The Morgan fingerprint density at radius 1 is 0.500 bits per heavy atom. The topological polar surface area (TPSA) is 451 Å². The molecule has 15 aromatic rings. The molecular formula is C89H94BBr3Cl3F2IMgN32O6. The van der Waals surface area contributed by atoms with Gasteiger partial charge in [-0.15, -0.1) is 4.98 Å². The number of aryl methyl sites for hydroxylation is 8. The van der Waals surface area contributed by atoms with Crippen LogP contribution in [0, 0.1) is 53.3 Å². The van der Waals surface area contributed by atoms with Crippen LogP contribution in [0.3, 0.4) is 0 Å². The van der Waals surface area contributed by atoms with Gasteiger partial charge in [-0.05, 0) is 154 Å². The maximum Gasteiger partial charge on any atom is 2.00 e. The molecule has 13 aromatic heterocycles. The summed E-state index contributed by atoms with van der Waals surface area (Å²) in [7, 11) is 7.72. The third-order valence-electron chi connectivity index (χ3n) is 20.1. The van der Waals surface area contributed by atoms with Crippen molar-refractivity contribution in [3.8, 4) is 22.5 Å². The number of Topliss-reactive ketones (excluding diaryl/α,β-unsaturated/α-hetero) is 1. The molecule has 0 aliphatic carbocycles. The number of hydrogen-bond acceptors (Lipinski definition) is 33. The number of nitrogens with zero attached hydrogens (tertiary/aromatic N) is 28. The van der Waals surface area contributed by atoms with Crippen LogP contribution in [-0.4, -0.2) is 255 Å². The summed E-state index contributed by atoms with van der Waals surface area (Å²) in [6, 6.07) is 31.3. The third kappa shape index (κ3) is 30.4. The Morgan fingerprint density at radius 2 is 0.870 bits per heavy atom. The fourth-order valence-corrected chi connectivity index (χ4v) is 15.1. The molecule has 18 heterocycles. The molecule has 0 bridgehead atoms. The molecule has 2 aromatic carbocycles. The van der Waals surface area contributed by atoms with Crippen LogP contribution < -0.4 is 66.5 Å². The monoisotopic (exact) mass is 2250 g/mol. The van der Waals surface area contributed by atoms with Crippen molar-refractivity contribution in [2.24, 2.45) is 54.4 Å². The Bertz CT molecular complexity index is 6850. The van der Waals surface area contributed by atoms with Crippen molar-refractivity contribution < 1.29 is 61.8 Å². The van der Waals surface area contributed by atoms with Gasteiger partial charge in [-0.1, -0.05) is 65.6 Å². The Labute approximate surface area is 867 Å². The van der Waals surface area contributed by atoms with Crippen LogP contribution in [0.1, 0.15) is 64.2 Å². The second-order valence-corrected chi connectivity index (χ2v) is 33.7. The van der Waals surface area contributed by atoms with Gasteiger partial charge in [-0.3, -0.25) is 54.7 Å². The molecule has 138 heavy (non-hydrogen) atoms. The molecule has 0 amide bonds. The minimum atomic E-state index is -1.48. The number of hydrogen-bond donors (Lipinski definition) is 6. The molecule has 0 saturated carbocycles. The van der Waals surface area contributed by atoms with E-state index < -0.39 is 18.8 Å². The number of nitrogens with two attached hydrogens (primary N) is 2. The molecular weight excluding hydrogens is 2160 g/mol. The number of carbonyl (C=O) groups is 1. The molecule has 0 atom stereocenters. The van der Waals surface area contributed by atoms with Crippen LogP contribution >= 0.6 is 82.6 Å². The SMILES string of the molecule is CC(=O)c1ncc(Br)cc1F.CNN.Cc1nn(C)c2cc(-c3cc(Cl)nc(N4CCOCC4)n3)cnc12.Cc1nn(C)c2cc(-c3cc(Nc4ccc(C5=NN=CC5)cc4)nc(N4CCOCC4)n3)cnc12.Cc1nn(C)c2cc(B(O)O)cnc12.Cc1nn(C)c2cc(Br)cnc12.Clc1cc(Cl)nc(N2CCOCC2)n1.Nc1ccc(C2=NN=CC2)cc1.[C-]#[N+]c1ncc(Br)cc1F.[CH3-].[I-].[Mg+2]. The van der Waals surface area contributed by atoms with E-state index in [1.807, 2.05) is 147 Å². The predicted molar refractivity (Wildman–Crippen MR) is 544 cm³/mol. The van der Waals surface area contributed by atoms with E-state index in [1.165, 1.54) is 43.7 Å². The average molecular weight is 2250 g/mol. The van der Waals surface area contributed by atoms with E-state index in [2.05, 4.69) is 176 Å². The molecule has 3 fully saturated rings. The Balaban J connectivity index is 0.000000183. The summed E-state index contributed by atoms with van der Waals surface area (Å²) in [6.45, 7) is 24.1. The summed E-state index contributed by atoms with van der Waals surface area (Å²) >= 11 is 27.2. The number of carbonyl (C=O) groups excluding carboxylic acids is 1. The second kappa shape index (κ2) is 53.2. The average Bonchev–Trinajstić information content (AvgIpc) is 1.65. The largest absolute Gasteiger partial charge is 2.00 e. The standard InChI is InChI=1S/C25H25N9O.C16H17ClN6O.C9H9N3.C8H10BN3O2.C8H8BrN3.C8H9Cl2N3O.C7H5BrFNO.C6H2BrFN2.CH6N2.CH3.HI.Mg/c1-16-24-22(33(2)32-16)13-18(15-26-24)21-14-23(30-25(29-21)34-9-11-35-12-10-34)28-19-5-3-17(4-6-19)20-7-8-27-31-20;1-10-15-13(22(2)21-10)7-11(9-18-15)12-8-14(17)20-16(19-12)23-3-5-24-6-4-23;10-8-3-1-7(2-4-8)9-5-6-11-12-9;1-5-8-7(12(2)11-5)3-6(4-10-8)9(13)14;1-5-8-7(12(2)11-5)3-6(9)4-10-8;9-6-5-7(10)12-8(11-6)13-1-3-14-4-2-13;1-4(11)7-6(9)2-5(8)3-10-7;1-9-6-5(8)2-4(7)3-10-6;1-3-2;;;/h3-6,8,13-15H,7,9-12H2,1-2H3,(H,28,29,30);7-9H,3-6H2,1-2H3;1-4,6H,5,10H2;3-4,13-14H,1-2H3;3-4H,1-2H3;5H,1-4H2;2-3H,1H3;2-3H;3H,2H2,1H3;1H3;1H;/q;;;;;;;;;-1;;+2/p-1. The van der Waals surface area contributed by atoms with Gasteiger partial charge in [0.05, 0.1) is 112 Å². The number of fused-ring (bicyclic) bond motifs is 4. The van der Waals surface area contributed by atoms with Gasteiger partial charge in [0.15, 0.2) is 17.4 Å². The number of halogens is 9. The number of ketones is 1. The summed E-state index contributed by atoms with van der Waals surface area (Å²) in [5, 5.41) is 55.8. The van der Waals surface area contributed by atoms with Gasteiger partial charge in [-0.25, -0.2) is 38.7 Å². The number of anilines is 6. The normalized spacial score (nSPS) is 13.2. The van der Waals surface area contributed by atoms with E-state index in [9.17, 15) is 13.6 Å². The molecule has 3 saturated heterocycles. The first kappa shape index (κ1) is 110. The zero-order valence-electron chi connectivity index (χ0n) is 76.7. The fourth-order valence-electron chi connectivity index (χ4n) is 13.6. The van der Waals surface area contributed by atoms with Crippen LogP contribution in [0.25, 0.3) is 71.5 Å². The first-order valence-corrected chi connectivity index (χ1v) is 45.0. The molecule has 0 radical (unpaired) electrons. The van der Waals surface area contributed by atoms with Gasteiger partial charge < -0.3 is 86.3 Å². The Hall–Kier alpha value is -11.2. The number of nitrogen functional groups attached to an aromatic ring is 1. The van der Waals surface area contributed by atoms with Crippen LogP contribution in [0.15, 0.2) is 174 Å². The van der Waals surface area contributed by atoms with E-state index in [0.717, 1.165) is 180 Å². The quantitative estimate of drug-likeness (QED) is 0.0102. The molecule has 49 heteroatoms. The molecule has 0 unspecified atom stereocenters. The number of nitrogens with one attached hydrogen (secondary N) is 2. The van der Waals surface area contributed by atoms with Crippen molar-refractivity contribution in [3.05, 3.63) is 239 Å². The number of aromatic nitrogens is 20. The third-order valence-corrected chi connectivity index (χ3v) is 22.0. The van der Waals surface area contributed by atoms with Crippen molar-refractivity contribution in [2.75, 3.05) is 112 Å². The van der Waals surface area contributed by atoms with Crippen LogP contribution in [0.4, 0.5) is 49.6 Å². The summed E-state index contributed by atoms with van der Waals surface area (Å²) in [4.78, 5) is 71.4. The summed E-state index contributed by atoms with van der Waals surface area (Å²) < 4.78 is 50.7. The minimum Gasteiger partial charge on any atom is -1.00 e. The number of morpholine rings is 3. The molecule has 5 aliphatic rings. The van der Waals surface area contributed by atoms with Gasteiger partial charge in [0.25, 0.3) is 0 Å². The maximum atomic E-state index is 12.8. The van der Waals surface area contributed by atoms with Crippen LogP contribution in [-0.2, 0) is 42.4 Å². The molecule has 714 valence electrons. The number of ether oxygens (including phenoxy) is 3. The summed E-state index contributed by atoms with van der Waals surface area (Å²) in [5.74, 6) is 5.44. The molecule has 20 rings (SSSR count). The molecule has 0 spiro atoms. The molecule has 8 N–H and O–H groups in total. The van der Waals surface area contributed by atoms with Gasteiger partial charge >= 0.3 is 36.0 Å². The van der Waals surface area contributed by atoms with Gasteiger partial charge in [0, 0.05) is 186 Å². The first-order valence-electron chi connectivity index (χ1n) is 41.5. The number of hydrazine groups is 1.